The van der Waals surface area contributed by atoms with Crippen molar-refractivity contribution < 1.29 is 23.5 Å². The highest BCUT2D eigenvalue weighted by Gasteiger charge is 2.35. The average molecular weight is 419 g/mol. The van der Waals surface area contributed by atoms with Gasteiger partial charge in [-0.1, -0.05) is 13.8 Å². The third-order valence-electron chi connectivity index (χ3n) is 5.73. The van der Waals surface area contributed by atoms with Crippen molar-refractivity contribution in [3.05, 3.63) is 35.6 Å². The minimum atomic E-state index is -0.709. The first kappa shape index (κ1) is 22.2. The first-order valence-electron chi connectivity index (χ1n) is 10.6. The van der Waals surface area contributed by atoms with Gasteiger partial charge < -0.3 is 19.9 Å². The monoisotopic (exact) mass is 419 g/mol. The quantitative estimate of drug-likeness (QED) is 0.788. The third-order valence-corrected chi connectivity index (χ3v) is 5.73. The van der Waals surface area contributed by atoms with Gasteiger partial charge in [0.2, 0.25) is 11.8 Å². The molecule has 2 unspecified atom stereocenters. The lowest BCUT2D eigenvalue weighted by Gasteiger charge is -2.38. The van der Waals surface area contributed by atoms with Gasteiger partial charge in [-0.3, -0.25) is 14.4 Å². The fraction of sp³-hybridized carbons (Fsp3) is 0.591. The number of piperidine rings is 1. The lowest BCUT2D eigenvalue weighted by Crippen LogP contribution is -2.55. The third kappa shape index (κ3) is 5.36. The van der Waals surface area contributed by atoms with Crippen LogP contribution >= 0.6 is 0 Å². The topological polar surface area (TPSA) is 79.0 Å². The first-order valence-corrected chi connectivity index (χ1v) is 10.6. The molecule has 0 saturated carbocycles. The predicted molar refractivity (Wildman–Crippen MR) is 109 cm³/mol. The highest BCUT2D eigenvalue weighted by atomic mass is 19.1. The molecule has 30 heavy (non-hydrogen) atoms. The molecule has 0 radical (unpaired) electrons. The second kappa shape index (κ2) is 10.0. The molecule has 0 spiro atoms. The Morgan fingerprint density at radius 1 is 1.07 bits per heavy atom. The van der Waals surface area contributed by atoms with Crippen molar-refractivity contribution in [2.75, 3.05) is 39.4 Å². The maximum Gasteiger partial charge on any atom is 0.251 e. The number of amides is 3. The van der Waals surface area contributed by atoms with Crippen molar-refractivity contribution in [3.63, 3.8) is 0 Å². The van der Waals surface area contributed by atoms with E-state index < -0.39 is 17.8 Å². The maximum atomic E-state index is 13.2. The van der Waals surface area contributed by atoms with Crippen molar-refractivity contribution >= 4 is 17.7 Å². The molecule has 8 heteroatoms. The van der Waals surface area contributed by atoms with Crippen LogP contribution in [0.4, 0.5) is 4.39 Å². The Hall–Kier alpha value is -2.48. The van der Waals surface area contributed by atoms with Gasteiger partial charge in [0.25, 0.3) is 5.91 Å². The molecule has 3 amide bonds. The summed E-state index contributed by atoms with van der Waals surface area (Å²) in [6, 6.07) is 4.51. The zero-order chi connectivity index (χ0) is 21.7. The summed E-state index contributed by atoms with van der Waals surface area (Å²) in [7, 11) is 0. The Morgan fingerprint density at radius 3 is 2.37 bits per heavy atom. The summed E-state index contributed by atoms with van der Waals surface area (Å²) in [5.41, 5.74) is 0.300. The number of halogens is 1. The number of nitrogens with zero attached hydrogens (tertiary/aromatic N) is 2. The van der Waals surface area contributed by atoms with E-state index >= 15 is 0 Å². The number of hydrogen-bond donors (Lipinski definition) is 1. The van der Waals surface area contributed by atoms with Gasteiger partial charge in [-0.15, -0.1) is 0 Å². The van der Waals surface area contributed by atoms with E-state index in [2.05, 4.69) is 5.32 Å². The van der Waals surface area contributed by atoms with Crippen LogP contribution in [0.5, 0.6) is 0 Å². The largest absolute Gasteiger partial charge is 0.378 e. The highest BCUT2D eigenvalue weighted by Crippen LogP contribution is 2.21. The smallest absolute Gasteiger partial charge is 0.251 e. The Labute approximate surface area is 176 Å². The van der Waals surface area contributed by atoms with Crippen LogP contribution in [0.2, 0.25) is 0 Å². The average Bonchev–Trinajstić information content (AvgIpc) is 2.77. The SMILES string of the molecule is CC(C)C(NC(=O)c1ccc(F)cc1)C(=O)N1CCCC(C(=O)N2CCOCC2)C1. The Morgan fingerprint density at radius 2 is 1.73 bits per heavy atom. The summed E-state index contributed by atoms with van der Waals surface area (Å²) < 4.78 is 18.4. The fourth-order valence-electron chi connectivity index (χ4n) is 3.96. The highest BCUT2D eigenvalue weighted by molar-refractivity contribution is 5.97. The number of ether oxygens (including phenoxy) is 1. The molecule has 1 N–H and O–H groups in total. The van der Waals surface area contributed by atoms with Crippen LogP contribution in [-0.4, -0.2) is 73.0 Å². The molecule has 2 fully saturated rings. The molecule has 0 aliphatic carbocycles. The van der Waals surface area contributed by atoms with Crippen molar-refractivity contribution in [2.24, 2.45) is 11.8 Å². The van der Waals surface area contributed by atoms with Gasteiger partial charge in [0, 0.05) is 31.7 Å². The minimum Gasteiger partial charge on any atom is -0.378 e. The van der Waals surface area contributed by atoms with Crippen LogP contribution in [-0.2, 0) is 14.3 Å². The van der Waals surface area contributed by atoms with E-state index in [1.807, 2.05) is 18.7 Å². The van der Waals surface area contributed by atoms with Crippen LogP contribution < -0.4 is 5.32 Å². The van der Waals surface area contributed by atoms with Crippen LogP contribution in [0.3, 0.4) is 0 Å². The molecule has 0 bridgehead atoms. The minimum absolute atomic E-state index is 0.0762. The van der Waals surface area contributed by atoms with E-state index in [0.717, 1.165) is 12.8 Å². The molecular formula is C22H30FN3O4. The molecule has 1 aromatic carbocycles. The van der Waals surface area contributed by atoms with E-state index in [1.54, 1.807) is 4.90 Å². The number of morpholine rings is 1. The molecule has 2 aliphatic heterocycles. The Kier molecular flexibility index (Phi) is 7.42. The Bertz CT molecular complexity index is 762. The number of carbonyl (C=O) groups excluding carboxylic acids is 3. The fourth-order valence-corrected chi connectivity index (χ4v) is 3.96. The molecule has 0 aromatic heterocycles. The number of benzene rings is 1. The van der Waals surface area contributed by atoms with Gasteiger partial charge in [-0.2, -0.15) is 0 Å². The second-order valence-electron chi connectivity index (χ2n) is 8.26. The van der Waals surface area contributed by atoms with Gasteiger partial charge in [-0.05, 0) is 43.0 Å². The van der Waals surface area contributed by atoms with Gasteiger partial charge in [-0.25, -0.2) is 4.39 Å². The van der Waals surface area contributed by atoms with Gasteiger partial charge in [0.1, 0.15) is 11.9 Å². The molecule has 2 atom stereocenters. The van der Waals surface area contributed by atoms with E-state index in [9.17, 15) is 18.8 Å². The molecule has 164 valence electrons. The van der Waals surface area contributed by atoms with Crippen molar-refractivity contribution in [1.29, 1.82) is 0 Å². The first-order chi connectivity index (χ1) is 14.4. The predicted octanol–water partition coefficient (Wildman–Crippen LogP) is 1.68. The summed E-state index contributed by atoms with van der Waals surface area (Å²) in [6.45, 7) is 6.95. The van der Waals surface area contributed by atoms with Gasteiger partial charge >= 0.3 is 0 Å². The number of rotatable bonds is 5. The van der Waals surface area contributed by atoms with Gasteiger partial charge in [0.05, 0.1) is 19.1 Å². The number of hydrogen-bond acceptors (Lipinski definition) is 4. The van der Waals surface area contributed by atoms with Crippen LogP contribution in [0.1, 0.15) is 37.0 Å². The molecule has 2 aliphatic rings. The molecule has 7 nitrogen and oxygen atoms in total. The van der Waals surface area contributed by atoms with Crippen molar-refractivity contribution in [3.8, 4) is 0 Å². The maximum absolute atomic E-state index is 13.2. The Balaban J connectivity index is 1.64. The van der Waals surface area contributed by atoms with Crippen LogP contribution in [0.25, 0.3) is 0 Å². The number of likely N-dealkylation sites (tertiary alicyclic amines) is 1. The van der Waals surface area contributed by atoms with Crippen molar-refractivity contribution in [1.82, 2.24) is 15.1 Å². The normalized spacial score (nSPS) is 20.7. The van der Waals surface area contributed by atoms with Crippen LogP contribution in [0.15, 0.2) is 24.3 Å². The molecule has 2 heterocycles. The number of carbonyl (C=O) groups is 3. The van der Waals surface area contributed by atoms with E-state index in [-0.39, 0.29) is 23.7 Å². The molecular weight excluding hydrogens is 389 g/mol. The second-order valence-corrected chi connectivity index (χ2v) is 8.26. The summed E-state index contributed by atoms with van der Waals surface area (Å²) in [6.07, 6.45) is 1.51. The molecule has 3 rings (SSSR count). The summed E-state index contributed by atoms with van der Waals surface area (Å²) in [5.74, 6) is -1.29. The van der Waals surface area contributed by atoms with E-state index in [0.29, 0.717) is 45.0 Å². The van der Waals surface area contributed by atoms with E-state index in [1.165, 1.54) is 24.3 Å². The molecule has 1 aromatic rings. The van der Waals surface area contributed by atoms with E-state index in [4.69, 9.17) is 4.74 Å². The molecule has 2 saturated heterocycles. The lowest BCUT2D eigenvalue weighted by molar-refractivity contribution is -0.144. The van der Waals surface area contributed by atoms with Crippen molar-refractivity contribution in [2.45, 2.75) is 32.7 Å². The summed E-state index contributed by atoms with van der Waals surface area (Å²) >= 11 is 0. The zero-order valence-corrected chi connectivity index (χ0v) is 17.6. The number of nitrogens with one attached hydrogen (secondary N) is 1. The lowest BCUT2D eigenvalue weighted by atomic mass is 9.94. The standard InChI is InChI=1S/C22H30FN3O4/c1-15(2)19(24-20(27)16-5-7-18(23)8-6-16)22(29)26-9-3-4-17(14-26)21(28)25-10-12-30-13-11-25/h5-8,15,17,19H,3-4,9-14H2,1-2H3,(H,24,27). The van der Waals surface area contributed by atoms with Crippen LogP contribution in [0, 0.1) is 17.7 Å². The summed E-state index contributed by atoms with van der Waals surface area (Å²) in [5, 5.41) is 2.79. The zero-order valence-electron chi connectivity index (χ0n) is 17.6. The summed E-state index contributed by atoms with van der Waals surface area (Å²) in [4.78, 5) is 42.1. The van der Waals surface area contributed by atoms with Gasteiger partial charge in [0.15, 0.2) is 0 Å².